The van der Waals surface area contributed by atoms with Crippen molar-refractivity contribution in [3.8, 4) is 0 Å². The number of nitrogens with two attached hydrogens (primary N) is 1. The molecule has 0 fully saturated rings. The molecule has 0 radical (unpaired) electrons. The van der Waals surface area contributed by atoms with Crippen LogP contribution in [-0.4, -0.2) is 23.3 Å². The maximum atomic E-state index is 11.4. The van der Waals surface area contributed by atoms with Crippen LogP contribution >= 0.6 is 0 Å². The van der Waals surface area contributed by atoms with Crippen molar-refractivity contribution in [1.29, 1.82) is 0 Å². The van der Waals surface area contributed by atoms with Gasteiger partial charge in [0.05, 0.1) is 11.5 Å². The number of nitrogens with zero attached hydrogens (tertiary/aromatic N) is 1. The van der Waals surface area contributed by atoms with Crippen LogP contribution in [0, 0.1) is 10.1 Å². The Hall–Kier alpha value is -2.44. The molecule has 7 nitrogen and oxygen atoms in total. The van der Waals surface area contributed by atoms with Crippen molar-refractivity contribution >= 4 is 17.5 Å². The number of hydrogen-bond acceptors (Lipinski definition) is 4. The number of benzene rings is 1. The molecule has 0 spiro atoms. The summed E-state index contributed by atoms with van der Waals surface area (Å²) in [6.07, 6.45) is 0. The lowest BCUT2D eigenvalue weighted by molar-refractivity contribution is -0.384. The summed E-state index contributed by atoms with van der Waals surface area (Å²) in [6.45, 7) is -0.304. The molecule has 0 heterocycles. The van der Waals surface area contributed by atoms with E-state index in [0.29, 0.717) is 0 Å². The quantitative estimate of drug-likeness (QED) is 0.543. The number of primary amides is 1. The average Bonchev–Trinajstić information content (AvgIpc) is 2.26. The highest BCUT2D eigenvalue weighted by Gasteiger charge is 2.11. The summed E-state index contributed by atoms with van der Waals surface area (Å²) in [5.74, 6) is -1.26. The fourth-order valence-electron chi connectivity index (χ4n) is 1.03. The van der Waals surface area contributed by atoms with Crippen LogP contribution in [0.5, 0.6) is 0 Å². The summed E-state index contributed by atoms with van der Waals surface area (Å²) in [5.41, 5.74) is 4.75. The van der Waals surface area contributed by atoms with Crippen molar-refractivity contribution in [3.63, 3.8) is 0 Å². The third kappa shape index (κ3) is 3.05. The number of nitro groups is 1. The molecule has 16 heavy (non-hydrogen) atoms. The lowest BCUT2D eigenvalue weighted by atomic mass is 10.2. The molecular weight excluding hydrogens is 214 g/mol. The fourth-order valence-corrected chi connectivity index (χ4v) is 1.03. The van der Waals surface area contributed by atoms with Gasteiger partial charge >= 0.3 is 0 Å². The van der Waals surface area contributed by atoms with Crippen molar-refractivity contribution in [2.24, 2.45) is 5.73 Å². The van der Waals surface area contributed by atoms with E-state index >= 15 is 0 Å². The summed E-state index contributed by atoms with van der Waals surface area (Å²) < 4.78 is 0. The van der Waals surface area contributed by atoms with Gasteiger partial charge < -0.3 is 11.1 Å². The molecule has 0 aliphatic rings. The van der Waals surface area contributed by atoms with E-state index in [2.05, 4.69) is 5.32 Å². The van der Waals surface area contributed by atoms with Gasteiger partial charge in [0.25, 0.3) is 11.6 Å². The van der Waals surface area contributed by atoms with Gasteiger partial charge in [-0.3, -0.25) is 19.7 Å². The molecule has 3 N–H and O–H groups in total. The molecule has 7 heteroatoms. The van der Waals surface area contributed by atoms with Gasteiger partial charge in [-0.1, -0.05) is 6.07 Å². The van der Waals surface area contributed by atoms with Gasteiger partial charge in [-0.25, -0.2) is 0 Å². The third-order valence-corrected chi connectivity index (χ3v) is 1.74. The Balaban J connectivity index is 2.79. The van der Waals surface area contributed by atoms with Gasteiger partial charge in [-0.05, 0) is 6.07 Å². The molecule has 0 bridgehead atoms. The number of hydrogen-bond donors (Lipinski definition) is 2. The number of amides is 2. The smallest absolute Gasteiger partial charge is 0.270 e. The van der Waals surface area contributed by atoms with Crippen molar-refractivity contribution in [2.45, 2.75) is 0 Å². The summed E-state index contributed by atoms with van der Waals surface area (Å²) in [5, 5.41) is 12.7. The second-order valence-electron chi connectivity index (χ2n) is 2.96. The lowest BCUT2D eigenvalue weighted by Gasteiger charge is -2.02. The highest BCUT2D eigenvalue weighted by atomic mass is 16.6. The van der Waals surface area contributed by atoms with Crippen LogP contribution in [0.15, 0.2) is 24.3 Å². The molecule has 0 unspecified atom stereocenters. The number of carbonyl (C=O) groups is 2. The first-order valence-corrected chi connectivity index (χ1v) is 4.31. The van der Waals surface area contributed by atoms with E-state index in [-0.39, 0.29) is 17.8 Å². The Labute approximate surface area is 90.4 Å². The normalized spacial score (nSPS) is 9.50. The molecular formula is C9H9N3O4. The molecule has 0 saturated carbocycles. The summed E-state index contributed by atoms with van der Waals surface area (Å²) >= 11 is 0. The van der Waals surface area contributed by atoms with Gasteiger partial charge in [0, 0.05) is 17.7 Å². The van der Waals surface area contributed by atoms with E-state index in [1.165, 1.54) is 18.2 Å². The lowest BCUT2D eigenvalue weighted by Crippen LogP contribution is -2.33. The Morgan fingerprint density at radius 3 is 2.69 bits per heavy atom. The molecule has 2 amide bonds. The summed E-state index contributed by atoms with van der Waals surface area (Å²) in [7, 11) is 0. The van der Waals surface area contributed by atoms with Crippen molar-refractivity contribution in [3.05, 3.63) is 39.9 Å². The number of nitrogens with one attached hydrogen (secondary N) is 1. The van der Waals surface area contributed by atoms with Gasteiger partial charge in [-0.15, -0.1) is 0 Å². The molecule has 1 aromatic rings. The zero-order valence-corrected chi connectivity index (χ0v) is 8.17. The fraction of sp³-hybridized carbons (Fsp3) is 0.111. The van der Waals surface area contributed by atoms with Crippen molar-refractivity contribution in [1.82, 2.24) is 5.32 Å². The van der Waals surface area contributed by atoms with E-state index in [1.807, 2.05) is 0 Å². The van der Waals surface area contributed by atoms with Crippen LogP contribution in [0.1, 0.15) is 10.4 Å². The molecule has 0 aliphatic carbocycles. The maximum Gasteiger partial charge on any atom is 0.270 e. The monoisotopic (exact) mass is 223 g/mol. The average molecular weight is 223 g/mol. The minimum atomic E-state index is -0.682. The van der Waals surface area contributed by atoms with Crippen LogP contribution < -0.4 is 11.1 Å². The van der Waals surface area contributed by atoms with E-state index in [1.54, 1.807) is 0 Å². The largest absolute Gasteiger partial charge is 0.368 e. The van der Waals surface area contributed by atoms with Gasteiger partial charge in [0.2, 0.25) is 5.91 Å². The highest BCUT2D eigenvalue weighted by Crippen LogP contribution is 2.12. The number of carbonyl (C=O) groups excluding carboxylic acids is 2. The van der Waals surface area contributed by atoms with Crippen molar-refractivity contribution in [2.75, 3.05) is 6.54 Å². The van der Waals surface area contributed by atoms with Crippen LogP contribution in [-0.2, 0) is 4.79 Å². The maximum absolute atomic E-state index is 11.4. The Bertz CT molecular complexity index is 444. The second kappa shape index (κ2) is 4.87. The van der Waals surface area contributed by atoms with Gasteiger partial charge in [-0.2, -0.15) is 0 Å². The number of rotatable bonds is 4. The topological polar surface area (TPSA) is 115 Å². The SMILES string of the molecule is NC(=O)CNC(=O)c1cccc([N+](=O)[O-])c1. The molecule has 1 rings (SSSR count). The van der Waals surface area contributed by atoms with Gasteiger partial charge in [0.15, 0.2) is 0 Å². The highest BCUT2D eigenvalue weighted by molar-refractivity contribution is 5.96. The first-order chi connectivity index (χ1) is 7.50. The first-order valence-electron chi connectivity index (χ1n) is 4.31. The van der Waals surface area contributed by atoms with E-state index in [4.69, 9.17) is 5.73 Å². The predicted molar refractivity (Wildman–Crippen MR) is 54.6 cm³/mol. The zero-order chi connectivity index (χ0) is 12.1. The van der Waals surface area contributed by atoms with Crippen LogP contribution in [0.4, 0.5) is 5.69 Å². The number of non-ortho nitro benzene ring substituents is 1. The molecule has 0 saturated heterocycles. The zero-order valence-electron chi connectivity index (χ0n) is 8.17. The van der Waals surface area contributed by atoms with Crippen LogP contribution in [0.25, 0.3) is 0 Å². The Morgan fingerprint density at radius 2 is 2.12 bits per heavy atom. The standard InChI is InChI=1S/C9H9N3O4/c10-8(13)5-11-9(14)6-2-1-3-7(4-6)12(15)16/h1-4H,5H2,(H2,10,13)(H,11,14). The number of nitro benzene ring substituents is 1. The third-order valence-electron chi connectivity index (χ3n) is 1.74. The molecule has 0 atom stereocenters. The van der Waals surface area contributed by atoms with Gasteiger partial charge in [0.1, 0.15) is 0 Å². The second-order valence-corrected chi connectivity index (χ2v) is 2.96. The van der Waals surface area contributed by atoms with E-state index < -0.39 is 16.7 Å². The van der Waals surface area contributed by atoms with E-state index in [0.717, 1.165) is 6.07 Å². The first kappa shape index (κ1) is 11.6. The Kier molecular flexibility index (Phi) is 3.54. The summed E-state index contributed by atoms with van der Waals surface area (Å²) in [4.78, 5) is 31.6. The molecule has 0 aromatic heterocycles. The molecule has 0 aliphatic heterocycles. The van der Waals surface area contributed by atoms with Crippen LogP contribution in [0.2, 0.25) is 0 Å². The van der Waals surface area contributed by atoms with E-state index in [9.17, 15) is 19.7 Å². The van der Waals surface area contributed by atoms with Crippen molar-refractivity contribution < 1.29 is 14.5 Å². The summed E-state index contributed by atoms with van der Waals surface area (Å²) in [6, 6.07) is 5.18. The Morgan fingerprint density at radius 1 is 1.44 bits per heavy atom. The van der Waals surface area contributed by atoms with Crippen LogP contribution in [0.3, 0.4) is 0 Å². The predicted octanol–water partition coefficient (Wildman–Crippen LogP) is -0.190. The minimum absolute atomic E-state index is 0.107. The molecule has 1 aromatic carbocycles. The minimum Gasteiger partial charge on any atom is -0.368 e. The molecule has 84 valence electrons.